The van der Waals surface area contributed by atoms with Crippen molar-refractivity contribution < 1.29 is 10.2 Å². The summed E-state index contributed by atoms with van der Waals surface area (Å²) >= 11 is 1.43. The van der Waals surface area contributed by atoms with Gasteiger partial charge in [-0.3, -0.25) is 4.40 Å². The van der Waals surface area contributed by atoms with Crippen LogP contribution in [-0.4, -0.2) is 31.8 Å². The van der Waals surface area contributed by atoms with Crippen molar-refractivity contribution in [2.24, 2.45) is 21.7 Å². The summed E-state index contributed by atoms with van der Waals surface area (Å²) in [4.78, 5) is 5.16. The quantitative estimate of drug-likeness (QED) is 0.248. The van der Waals surface area contributed by atoms with E-state index in [2.05, 4.69) is 15.2 Å². The topological polar surface area (TPSA) is 135 Å². The average Bonchev–Trinajstić information content (AvgIpc) is 3.03. The first-order valence-corrected chi connectivity index (χ1v) is 7.04. The molecule has 3 rings (SSSR count). The molecule has 8 nitrogen and oxygen atoms in total. The summed E-state index contributed by atoms with van der Waals surface area (Å²) in [6.45, 7) is 0. The van der Waals surface area contributed by atoms with E-state index in [0.29, 0.717) is 21.9 Å². The van der Waals surface area contributed by atoms with Gasteiger partial charge in [-0.15, -0.1) is 16.4 Å². The van der Waals surface area contributed by atoms with Gasteiger partial charge in [0.1, 0.15) is 17.2 Å². The predicted molar refractivity (Wildman–Crippen MR) is 85.2 cm³/mol. The van der Waals surface area contributed by atoms with Crippen LogP contribution in [0.2, 0.25) is 0 Å². The van der Waals surface area contributed by atoms with Gasteiger partial charge in [0.25, 0.3) is 0 Å². The number of thiazole rings is 1. The van der Waals surface area contributed by atoms with Crippen LogP contribution in [0.5, 0.6) is 11.5 Å². The van der Waals surface area contributed by atoms with Crippen molar-refractivity contribution in [2.75, 3.05) is 0 Å². The highest BCUT2D eigenvalue weighted by molar-refractivity contribution is 7.15. The Morgan fingerprint density at radius 1 is 1.32 bits per heavy atom. The Kier molecular flexibility index (Phi) is 3.39. The first kappa shape index (κ1) is 13.9. The van der Waals surface area contributed by atoms with Gasteiger partial charge in [0.2, 0.25) is 5.96 Å². The standard InChI is InChI=1S/C13H12N6O2S/c14-12(15)18-16-6-9-11(17-13-19(9)3-4-22-13)8-5-7(20)1-2-10(8)21/h1-6,20-21H,(H4,14,15,18)/b16-6+. The summed E-state index contributed by atoms with van der Waals surface area (Å²) < 4.78 is 1.79. The minimum Gasteiger partial charge on any atom is -0.508 e. The fourth-order valence-electron chi connectivity index (χ4n) is 1.99. The number of hydrogen-bond acceptors (Lipinski definition) is 6. The lowest BCUT2D eigenvalue weighted by Gasteiger charge is -2.03. The number of guanidine groups is 1. The number of phenols is 2. The summed E-state index contributed by atoms with van der Waals surface area (Å²) in [5, 5.41) is 28.9. The molecule has 0 aliphatic carbocycles. The van der Waals surface area contributed by atoms with E-state index in [-0.39, 0.29) is 17.5 Å². The van der Waals surface area contributed by atoms with E-state index < -0.39 is 0 Å². The second kappa shape index (κ2) is 5.37. The summed E-state index contributed by atoms with van der Waals surface area (Å²) in [6.07, 6.45) is 3.25. The van der Waals surface area contributed by atoms with Crippen LogP contribution in [0.1, 0.15) is 5.69 Å². The zero-order valence-corrected chi connectivity index (χ0v) is 12.0. The molecule has 0 unspecified atom stereocenters. The molecule has 0 bridgehead atoms. The maximum Gasteiger partial charge on any atom is 0.211 e. The second-order valence-corrected chi connectivity index (χ2v) is 5.25. The molecule has 22 heavy (non-hydrogen) atoms. The third-order valence-electron chi connectivity index (χ3n) is 2.89. The summed E-state index contributed by atoms with van der Waals surface area (Å²) in [6, 6.07) is 4.22. The van der Waals surface area contributed by atoms with Crippen LogP contribution in [0.25, 0.3) is 16.2 Å². The fraction of sp³-hybridized carbons (Fsp3) is 0. The van der Waals surface area contributed by atoms with Crippen LogP contribution in [-0.2, 0) is 0 Å². The third-order valence-corrected chi connectivity index (χ3v) is 3.64. The molecule has 0 radical (unpaired) electrons. The van der Waals surface area contributed by atoms with Gasteiger partial charge in [-0.1, -0.05) is 0 Å². The first-order chi connectivity index (χ1) is 10.6. The number of hydrogen-bond donors (Lipinski definition) is 4. The minimum atomic E-state index is -0.163. The Bertz CT molecular complexity index is 891. The molecular formula is C13H12N6O2S. The minimum absolute atomic E-state index is 0.0000399. The Balaban J connectivity index is 2.21. The van der Waals surface area contributed by atoms with Crippen molar-refractivity contribution in [3.8, 4) is 22.8 Å². The van der Waals surface area contributed by atoms with E-state index in [1.165, 1.54) is 35.8 Å². The van der Waals surface area contributed by atoms with E-state index >= 15 is 0 Å². The second-order valence-electron chi connectivity index (χ2n) is 4.37. The molecule has 2 heterocycles. The van der Waals surface area contributed by atoms with Crippen molar-refractivity contribution in [3.05, 3.63) is 35.5 Å². The highest BCUT2D eigenvalue weighted by Gasteiger charge is 2.17. The molecule has 1 aromatic carbocycles. The lowest BCUT2D eigenvalue weighted by molar-refractivity contribution is 0.462. The molecule has 2 aromatic heterocycles. The van der Waals surface area contributed by atoms with Gasteiger partial charge in [0, 0.05) is 17.1 Å². The molecule has 0 spiro atoms. The normalized spacial score (nSPS) is 11.3. The molecule has 3 aromatic rings. The Labute approximate surface area is 128 Å². The molecule has 6 N–H and O–H groups in total. The lowest BCUT2D eigenvalue weighted by atomic mass is 10.1. The van der Waals surface area contributed by atoms with Gasteiger partial charge < -0.3 is 21.7 Å². The van der Waals surface area contributed by atoms with Gasteiger partial charge in [0.05, 0.1) is 11.9 Å². The largest absolute Gasteiger partial charge is 0.508 e. The third kappa shape index (κ3) is 2.44. The van der Waals surface area contributed by atoms with Crippen LogP contribution in [0.4, 0.5) is 0 Å². The van der Waals surface area contributed by atoms with Gasteiger partial charge in [-0.25, -0.2) is 4.98 Å². The van der Waals surface area contributed by atoms with Gasteiger partial charge in [-0.2, -0.15) is 5.10 Å². The number of nitrogens with two attached hydrogens (primary N) is 2. The summed E-state index contributed by atoms with van der Waals surface area (Å²) in [5.41, 5.74) is 11.9. The number of rotatable bonds is 3. The molecule has 9 heteroatoms. The number of aromatic nitrogens is 2. The van der Waals surface area contributed by atoms with Crippen LogP contribution in [0.3, 0.4) is 0 Å². The lowest BCUT2D eigenvalue weighted by Crippen LogP contribution is -2.21. The zero-order chi connectivity index (χ0) is 15.7. The molecule has 0 aliphatic rings. The Morgan fingerprint density at radius 2 is 2.14 bits per heavy atom. The van der Waals surface area contributed by atoms with Crippen molar-refractivity contribution in [1.82, 2.24) is 9.38 Å². The number of nitrogens with zero attached hydrogens (tertiary/aromatic N) is 4. The molecular weight excluding hydrogens is 304 g/mol. The smallest absolute Gasteiger partial charge is 0.211 e. The molecule has 0 atom stereocenters. The van der Waals surface area contributed by atoms with Crippen LogP contribution in [0, 0.1) is 0 Å². The van der Waals surface area contributed by atoms with Crippen molar-refractivity contribution >= 4 is 28.5 Å². The predicted octanol–water partition coefficient (Wildman–Crippen LogP) is 1.08. The summed E-state index contributed by atoms with van der Waals surface area (Å²) in [5.74, 6) is -0.139. The maximum absolute atomic E-state index is 10.0. The van der Waals surface area contributed by atoms with E-state index in [4.69, 9.17) is 11.5 Å². The van der Waals surface area contributed by atoms with Crippen LogP contribution < -0.4 is 11.5 Å². The zero-order valence-electron chi connectivity index (χ0n) is 11.2. The highest BCUT2D eigenvalue weighted by Crippen LogP contribution is 2.34. The van der Waals surface area contributed by atoms with E-state index in [1.807, 2.05) is 11.6 Å². The van der Waals surface area contributed by atoms with Gasteiger partial charge in [-0.05, 0) is 18.2 Å². The SMILES string of the molecule is NC(N)=N/N=C/c1c(-c2cc(O)ccc2O)nc2sccn12. The van der Waals surface area contributed by atoms with Crippen LogP contribution >= 0.6 is 11.3 Å². The van der Waals surface area contributed by atoms with E-state index in [9.17, 15) is 10.2 Å². The molecule has 0 amide bonds. The van der Waals surface area contributed by atoms with Crippen LogP contribution in [0.15, 0.2) is 40.0 Å². The number of phenolic OH excluding ortho intramolecular Hbond substituents is 2. The van der Waals surface area contributed by atoms with Crippen molar-refractivity contribution in [3.63, 3.8) is 0 Å². The number of benzene rings is 1. The fourth-order valence-corrected chi connectivity index (χ4v) is 2.71. The number of fused-ring (bicyclic) bond motifs is 1. The van der Waals surface area contributed by atoms with E-state index in [0.717, 1.165) is 0 Å². The number of aromatic hydroxyl groups is 2. The molecule has 0 saturated carbocycles. The maximum atomic E-state index is 10.0. The van der Waals surface area contributed by atoms with Gasteiger partial charge in [0.15, 0.2) is 4.96 Å². The van der Waals surface area contributed by atoms with Crippen molar-refractivity contribution in [1.29, 1.82) is 0 Å². The number of imidazole rings is 1. The summed E-state index contributed by atoms with van der Waals surface area (Å²) in [7, 11) is 0. The molecule has 0 aliphatic heterocycles. The van der Waals surface area contributed by atoms with Crippen molar-refractivity contribution in [2.45, 2.75) is 0 Å². The molecule has 0 saturated heterocycles. The highest BCUT2D eigenvalue weighted by atomic mass is 32.1. The Morgan fingerprint density at radius 3 is 2.91 bits per heavy atom. The molecule has 0 fully saturated rings. The average molecular weight is 316 g/mol. The Hall–Kier alpha value is -3.07. The van der Waals surface area contributed by atoms with Gasteiger partial charge >= 0.3 is 0 Å². The monoisotopic (exact) mass is 316 g/mol. The molecule has 112 valence electrons. The first-order valence-electron chi connectivity index (χ1n) is 6.16. The van der Waals surface area contributed by atoms with E-state index in [1.54, 1.807) is 4.40 Å².